The van der Waals surface area contributed by atoms with Gasteiger partial charge in [-0.2, -0.15) is 5.10 Å². The SMILES string of the molecule is COc1c(-c2ncn(CC(C)C)n2)cccc1[N+](=O)[O-]. The summed E-state index contributed by atoms with van der Waals surface area (Å²) >= 11 is 0. The highest BCUT2D eigenvalue weighted by molar-refractivity contribution is 5.70. The molecule has 0 radical (unpaired) electrons. The second kappa shape index (κ2) is 5.68. The molecule has 0 N–H and O–H groups in total. The second-order valence-electron chi connectivity index (χ2n) is 4.80. The molecule has 0 aliphatic rings. The Morgan fingerprint density at radius 1 is 1.45 bits per heavy atom. The fourth-order valence-corrected chi connectivity index (χ4v) is 1.94. The molecule has 0 saturated carbocycles. The van der Waals surface area contributed by atoms with Crippen LogP contribution in [0.3, 0.4) is 0 Å². The molecule has 106 valence electrons. The van der Waals surface area contributed by atoms with Crippen molar-refractivity contribution in [2.75, 3.05) is 7.11 Å². The van der Waals surface area contributed by atoms with Crippen molar-refractivity contribution in [3.8, 4) is 17.1 Å². The van der Waals surface area contributed by atoms with Gasteiger partial charge in [-0.25, -0.2) is 4.98 Å². The Morgan fingerprint density at radius 3 is 2.80 bits per heavy atom. The zero-order chi connectivity index (χ0) is 14.7. The molecule has 20 heavy (non-hydrogen) atoms. The van der Waals surface area contributed by atoms with Gasteiger partial charge in [-0.3, -0.25) is 14.8 Å². The van der Waals surface area contributed by atoms with Crippen LogP contribution in [-0.2, 0) is 6.54 Å². The zero-order valence-electron chi connectivity index (χ0n) is 11.6. The summed E-state index contributed by atoms with van der Waals surface area (Å²) in [5.41, 5.74) is 0.425. The number of hydrogen-bond donors (Lipinski definition) is 0. The van der Waals surface area contributed by atoms with Crippen LogP contribution < -0.4 is 4.74 Å². The van der Waals surface area contributed by atoms with Crippen molar-refractivity contribution in [2.24, 2.45) is 5.92 Å². The number of ether oxygens (including phenoxy) is 1. The molecule has 2 aromatic rings. The number of nitro groups is 1. The summed E-state index contributed by atoms with van der Waals surface area (Å²) in [4.78, 5) is 14.7. The Labute approximate surface area is 116 Å². The van der Waals surface area contributed by atoms with Crippen LogP contribution in [0.4, 0.5) is 5.69 Å². The minimum Gasteiger partial charge on any atom is -0.490 e. The van der Waals surface area contributed by atoms with Crippen LogP contribution in [0.25, 0.3) is 11.4 Å². The van der Waals surface area contributed by atoms with Crippen LogP contribution in [0.15, 0.2) is 24.5 Å². The van der Waals surface area contributed by atoms with Crippen molar-refractivity contribution in [2.45, 2.75) is 20.4 Å². The van der Waals surface area contributed by atoms with Gasteiger partial charge in [-0.1, -0.05) is 19.9 Å². The Morgan fingerprint density at radius 2 is 2.20 bits per heavy atom. The van der Waals surface area contributed by atoms with Crippen molar-refractivity contribution in [1.82, 2.24) is 14.8 Å². The first-order valence-corrected chi connectivity index (χ1v) is 6.24. The molecule has 0 unspecified atom stereocenters. The monoisotopic (exact) mass is 276 g/mol. The standard InChI is InChI=1S/C13H16N4O3/c1-9(2)7-16-8-14-13(15-16)10-5-4-6-11(17(18)19)12(10)20-3/h4-6,8-9H,7H2,1-3H3. The van der Waals surface area contributed by atoms with Gasteiger partial charge in [0.05, 0.1) is 17.6 Å². The molecule has 1 aromatic heterocycles. The Balaban J connectivity index is 2.44. The van der Waals surface area contributed by atoms with Gasteiger partial charge in [0, 0.05) is 12.6 Å². The van der Waals surface area contributed by atoms with Crippen molar-refractivity contribution in [3.05, 3.63) is 34.6 Å². The van der Waals surface area contributed by atoms with Gasteiger partial charge in [0.25, 0.3) is 0 Å². The molecular formula is C13H16N4O3. The first-order chi connectivity index (χ1) is 9.52. The van der Waals surface area contributed by atoms with Crippen LogP contribution in [0.2, 0.25) is 0 Å². The van der Waals surface area contributed by atoms with E-state index in [1.807, 2.05) is 0 Å². The molecule has 0 saturated heterocycles. The predicted octanol–water partition coefficient (Wildman–Crippen LogP) is 2.52. The van der Waals surface area contributed by atoms with E-state index in [9.17, 15) is 10.1 Å². The first-order valence-electron chi connectivity index (χ1n) is 6.24. The van der Waals surface area contributed by atoms with Crippen molar-refractivity contribution in [1.29, 1.82) is 0 Å². The summed E-state index contributed by atoms with van der Waals surface area (Å²) in [5, 5.41) is 15.3. The number of aromatic nitrogens is 3. The topological polar surface area (TPSA) is 83.1 Å². The van der Waals surface area contributed by atoms with Crippen LogP contribution in [0, 0.1) is 16.0 Å². The summed E-state index contributed by atoms with van der Waals surface area (Å²) in [6.45, 7) is 4.90. The number of methoxy groups -OCH3 is 1. The molecule has 0 bridgehead atoms. The van der Waals surface area contributed by atoms with Crippen LogP contribution in [-0.4, -0.2) is 26.8 Å². The van der Waals surface area contributed by atoms with Crippen molar-refractivity contribution >= 4 is 5.69 Å². The van der Waals surface area contributed by atoms with E-state index in [0.29, 0.717) is 17.3 Å². The third-order valence-corrected chi connectivity index (χ3v) is 2.72. The number of rotatable bonds is 5. The van der Waals surface area contributed by atoms with Gasteiger partial charge < -0.3 is 4.74 Å². The van der Waals surface area contributed by atoms with Gasteiger partial charge in [0.2, 0.25) is 5.75 Å². The fraction of sp³-hybridized carbons (Fsp3) is 0.385. The molecular weight excluding hydrogens is 260 g/mol. The molecule has 7 nitrogen and oxygen atoms in total. The Bertz CT molecular complexity index is 622. The average Bonchev–Trinajstić information content (AvgIpc) is 2.85. The highest BCUT2D eigenvalue weighted by Gasteiger charge is 2.21. The third kappa shape index (κ3) is 2.76. The van der Waals surface area contributed by atoms with Crippen molar-refractivity contribution < 1.29 is 9.66 Å². The number of hydrogen-bond acceptors (Lipinski definition) is 5. The lowest BCUT2D eigenvalue weighted by atomic mass is 10.1. The molecule has 0 fully saturated rings. The lowest BCUT2D eigenvalue weighted by Gasteiger charge is -2.06. The molecule has 0 aliphatic carbocycles. The minimum absolute atomic E-state index is 0.0924. The summed E-state index contributed by atoms with van der Waals surface area (Å²) in [5.74, 6) is 1.04. The average molecular weight is 276 g/mol. The number of nitro benzene ring substituents is 1. The molecule has 0 atom stereocenters. The molecule has 0 amide bonds. The highest BCUT2D eigenvalue weighted by Crippen LogP contribution is 2.35. The number of para-hydroxylation sites is 1. The lowest BCUT2D eigenvalue weighted by molar-refractivity contribution is -0.385. The van der Waals surface area contributed by atoms with Gasteiger partial charge in [0.15, 0.2) is 5.82 Å². The van der Waals surface area contributed by atoms with E-state index in [1.54, 1.807) is 23.1 Å². The van der Waals surface area contributed by atoms with Crippen LogP contribution in [0.1, 0.15) is 13.8 Å². The highest BCUT2D eigenvalue weighted by atomic mass is 16.6. The fourth-order valence-electron chi connectivity index (χ4n) is 1.94. The Hall–Kier alpha value is -2.44. The summed E-state index contributed by atoms with van der Waals surface area (Å²) in [7, 11) is 1.40. The van der Waals surface area contributed by atoms with E-state index in [-0.39, 0.29) is 11.4 Å². The second-order valence-corrected chi connectivity index (χ2v) is 4.80. The maximum absolute atomic E-state index is 11.0. The van der Waals surface area contributed by atoms with Gasteiger partial charge >= 0.3 is 5.69 Å². The maximum Gasteiger partial charge on any atom is 0.311 e. The Kier molecular flexibility index (Phi) is 3.97. The van der Waals surface area contributed by atoms with Crippen molar-refractivity contribution in [3.63, 3.8) is 0 Å². The van der Waals surface area contributed by atoms with E-state index in [0.717, 1.165) is 6.54 Å². The maximum atomic E-state index is 11.0. The smallest absolute Gasteiger partial charge is 0.311 e. The zero-order valence-corrected chi connectivity index (χ0v) is 11.6. The molecule has 7 heteroatoms. The first kappa shape index (κ1) is 14.0. The molecule has 1 heterocycles. The van der Waals surface area contributed by atoms with E-state index in [2.05, 4.69) is 23.9 Å². The molecule has 2 rings (SSSR count). The summed E-state index contributed by atoms with van der Waals surface area (Å²) < 4.78 is 6.87. The molecule has 0 spiro atoms. The van der Waals surface area contributed by atoms with E-state index in [4.69, 9.17) is 4.74 Å². The largest absolute Gasteiger partial charge is 0.490 e. The van der Waals surface area contributed by atoms with Gasteiger partial charge in [0.1, 0.15) is 6.33 Å². The lowest BCUT2D eigenvalue weighted by Crippen LogP contribution is -2.04. The normalized spacial score (nSPS) is 10.8. The van der Waals surface area contributed by atoms with Gasteiger partial charge in [-0.05, 0) is 12.0 Å². The summed E-state index contributed by atoms with van der Waals surface area (Å²) in [6.07, 6.45) is 1.62. The van der Waals surface area contributed by atoms with E-state index in [1.165, 1.54) is 13.2 Å². The minimum atomic E-state index is -0.479. The third-order valence-electron chi connectivity index (χ3n) is 2.72. The van der Waals surface area contributed by atoms with E-state index < -0.39 is 4.92 Å². The number of nitrogens with zero attached hydrogens (tertiary/aromatic N) is 4. The van der Waals surface area contributed by atoms with E-state index >= 15 is 0 Å². The molecule has 1 aromatic carbocycles. The number of benzene rings is 1. The summed E-state index contributed by atoms with van der Waals surface area (Å²) in [6, 6.07) is 4.70. The van der Waals surface area contributed by atoms with Crippen LogP contribution >= 0.6 is 0 Å². The molecule has 0 aliphatic heterocycles. The van der Waals surface area contributed by atoms with Crippen LogP contribution in [0.5, 0.6) is 5.75 Å². The predicted molar refractivity (Wildman–Crippen MR) is 73.5 cm³/mol. The van der Waals surface area contributed by atoms with Gasteiger partial charge in [-0.15, -0.1) is 0 Å². The quantitative estimate of drug-likeness (QED) is 0.619.